The van der Waals surface area contributed by atoms with E-state index < -0.39 is 0 Å². The van der Waals surface area contributed by atoms with Gasteiger partial charge in [0.2, 0.25) is 5.95 Å². The van der Waals surface area contributed by atoms with Crippen LogP contribution < -0.4 is 10.2 Å². The van der Waals surface area contributed by atoms with Crippen LogP contribution in [-0.2, 0) is 4.74 Å². The highest BCUT2D eigenvalue weighted by Gasteiger charge is 2.19. The molecule has 2 fully saturated rings. The van der Waals surface area contributed by atoms with Crippen LogP contribution in [0.3, 0.4) is 0 Å². The van der Waals surface area contributed by atoms with Crippen molar-refractivity contribution in [2.75, 3.05) is 36.5 Å². The number of fused-ring (bicyclic) bond motifs is 1. The van der Waals surface area contributed by atoms with E-state index in [1.807, 2.05) is 6.07 Å². The maximum absolute atomic E-state index is 5.48. The molecule has 2 aliphatic rings. The minimum atomic E-state index is 0.516. The molecule has 1 N–H and O–H groups in total. The maximum Gasteiger partial charge on any atom is 0.225 e. The lowest BCUT2D eigenvalue weighted by Gasteiger charge is -2.29. The quantitative estimate of drug-likeness (QED) is 0.943. The Bertz CT molecular complexity index is 663. The number of nitrogens with one attached hydrogen (secondary N) is 1. The topological polar surface area (TPSA) is 50.3 Å². The molecule has 23 heavy (non-hydrogen) atoms. The van der Waals surface area contributed by atoms with E-state index >= 15 is 0 Å². The fourth-order valence-corrected chi connectivity index (χ4v) is 3.57. The summed E-state index contributed by atoms with van der Waals surface area (Å²) in [5.41, 5.74) is 1.02. The summed E-state index contributed by atoms with van der Waals surface area (Å²) in [7, 11) is 0. The zero-order valence-electron chi connectivity index (χ0n) is 13.5. The van der Waals surface area contributed by atoms with Crippen molar-refractivity contribution in [1.82, 2.24) is 9.97 Å². The Hall–Kier alpha value is -1.88. The molecule has 5 heteroatoms. The lowest BCUT2D eigenvalue weighted by molar-refractivity contribution is 0.122. The SMILES string of the molecule is c1ccc2c(N3CCOCC3)nc(NC3CCCCC3)nc2c1. The van der Waals surface area contributed by atoms with Gasteiger partial charge in [-0.05, 0) is 25.0 Å². The number of morpholine rings is 1. The zero-order chi connectivity index (χ0) is 15.5. The van der Waals surface area contributed by atoms with Gasteiger partial charge < -0.3 is 15.0 Å². The predicted octanol–water partition coefficient (Wildman–Crippen LogP) is 3.21. The molecular formula is C18H24N4O. The van der Waals surface area contributed by atoms with E-state index in [1.54, 1.807) is 0 Å². The summed E-state index contributed by atoms with van der Waals surface area (Å²) in [6.45, 7) is 3.32. The van der Waals surface area contributed by atoms with Crippen LogP contribution in [0.4, 0.5) is 11.8 Å². The average Bonchev–Trinajstić information content (AvgIpc) is 2.63. The summed E-state index contributed by atoms with van der Waals surface area (Å²) in [4.78, 5) is 11.9. The molecule has 0 unspecified atom stereocenters. The monoisotopic (exact) mass is 312 g/mol. The van der Waals surface area contributed by atoms with Gasteiger partial charge in [-0.25, -0.2) is 4.98 Å². The van der Waals surface area contributed by atoms with E-state index in [9.17, 15) is 0 Å². The first kappa shape index (κ1) is 14.7. The number of benzene rings is 1. The van der Waals surface area contributed by atoms with E-state index in [-0.39, 0.29) is 0 Å². The fraction of sp³-hybridized carbons (Fsp3) is 0.556. The van der Waals surface area contributed by atoms with Crippen molar-refractivity contribution in [1.29, 1.82) is 0 Å². The van der Waals surface area contributed by atoms with Crippen LogP contribution in [-0.4, -0.2) is 42.3 Å². The second-order valence-electron chi connectivity index (χ2n) is 6.47. The van der Waals surface area contributed by atoms with Crippen LogP contribution in [0.2, 0.25) is 0 Å². The number of hydrogen-bond donors (Lipinski definition) is 1. The largest absolute Gasteiger partial charge is 0.378 e. The van der Waals surface area contributed by atoms with Crippen molar-refractivity contribution in [2.45, 2.75) is 38.1 Å². The highest BCUT2D eigenvalue weighted by molar-refractivity contribution is 5.90. The smallest absolute Gasteiger partial charge is 0.225 e. The fourth-order valence-electron chi connectivity index (χ4n) is 3.57. The normalized spacial score (nSPS) is 19.9. The van der Waals surface area contributed by atoms with Crippen LogP contribution in [0, 0.1) is 0 Å². The van der Waals surface area contributed by atoms with Gasteiger partial charge >= 0.3 is 0 Å². The summed E-state index contributed by atoms with van der Waals surface area (Å²) in [6.07, 6.45) is 6.42. The number of para-hydroxylation sites is 1. The minimum Gasteiger partial charge on any atom is -0.378 e. The van der Waals surface area contributed by atoms with E-state index in [4.69, 9.17) is 14.7 Å². The molecule has 1 aliphatic carbocycles. The van der Waals surface area contributed by atoms with Crippen LogP contribution in [0.15, 0.2) is 24.3 Å². The Balaban J connectivity index is 1.67. The molecule has 1 saturated heterocycles. The standard InChI is InChI=1S/C18H24N4O/c1-2-6-14(7-3-1)19-18-20-16-9-5-4-8-15(16)17(21-18)22-10-12-23-13-11-22/h4-5,8-9,14H,1-3,6-7,10-13H2,(H,19,20,21). The second kappa shape index (κ2) is 6.71. The molecule has 5 nitrogen and oxygen atoms in total. The molecule has 0 radical (unpaired) electrons. The van der Waals surface area contributed by atoms with Gasteiger partial charge in [0.1, 0.15) is 5.82 Å². The molecule has 122 valence electrons. The first-order chi connectivity index (χ1) is 11.4. The van der Waals surface area contributed by atoms with Crippen LogP contribution in [0.1, 0.15) is 32.1 Å². The van der Waals surface area contributed by atoms with Crippen molar-refractivity contribution in [3.63, 3.8) is 0 Å². The predicted molar refractivity (Wildman–Crippen MR) is 93.1 cm³/mol. The molecule has 0 bridgehead atoms. The van der Waals surface area contributed by atoms with Crippen LogP contribution >= 0.6 is 0 Å². The Morgan fingerprint density at radius 1 is 1.00 bits per heavy atom. The zero-order valence-corrected chi connectivity index (χ0v) is 13.5. The third-order valence-electron chi connectivity index (χ3n) is 4.83. The molecule has 1 aliphatic heterocycles. The molecule has 4 rings (SSSR count). The molecule has 1 saturated carbocycles. The molecule has 2 aromatic rings. The highest BCUT2D eigenvalue weighted by Crippen LogP contribution is 2.27. The summed E-state index contributed by atoms with van der Waals surface area (Å²) in [5.74, 6) is 1.81. The molecule has 1 aromatic carbocycles. The lowest BCUT2D eigenvalue weighted by atomic mass is 9.96. The number of anilines is 2. The summed E-state index contributed by atoms with van der Waals surface area (Å²) in [5, 5.41) is 4.70. The van der Waals surface area contributed by atoms with Crippen molar-refractivity contribution < 1.29 is 4.74 Å². The summed E-state index contributed by atoms with van der Waals surface area (Å²) in [6, 6.07) is 8.81. The molecule has 0 amide bonds. The first-order valence-corrected chi connectivity index (χ1v) is 8.76. The lowest BCUT2D eigenvalue weighted by Crippen LogP contribution is -2.37. The van der Waals surface area contributed by atoms with Crippen LogP contribution in [0.25, 0.3) is 10.9 Å². The number of hydrogen-bond acceptors (Lipinski definition) is 5. The van der Waals surface area contributed by atoms with Crippen molar-refractivity contribution in [3.05, 3.63) is 24.3 Å². The molecule has 1 aromatic heterocycles. The van der Waals surface area contributed by atoms with Crippen molar-refractivity contribution >= 4 is 22.7 Å². The molecule has 2 heterocycles. The molecular weight excluding hydrogens is 288 g/mol. The van der Waals surface area contributed by atoms with Gasteiger partial charge in [0.25, 0.3) is 0 Å². The Morgan fingerprint density at radius 3 is 2.61 bits per heavy atom. The van der Waals surface area contributed by atoms with Crippen molar-refractivity contribution in [2.24, 2.45) is 0 Å². The number of nitrogens with zero attached hydrogens (tertiary/aromatic N) is 3. The van der Waals surface area contributed by atoms with Gasteiger partial charge in [-0.15, -0.1) is 0 Å². The van der Waals surface area contributed by atoms with Crippen molar-refractivity contribution in [3.8, 4) is 0 Å². The van der Waals surface area contributed by atoms with E-state index in [0.29, 0.717) is 6.04 Å². The Kier molecular flexibility index (Phi) is 4.28. The minimum absolute atomic E-state index is 0.516. The van der Waals surface area contributed by atoms with Gasteiger partial charge in [-0.3, -0.25) is 0 Å². The molecule has 0 atom stereocenters. The van der Waals surface area contributed by atoms with Gasteiger partial charge in [-0.1, -0.05) is 31.4 Å². The highest BCUT2D eigenvalue weighted by atomic mass is 16.5. The van der Waals surface area contributed by atoms with E-state index in [1.165, 1.54) is 32.1 Å². The number of aromatic nitrogens is 2. The van der Waals surface area contributed by atoms with E-state index in [2.05, 4.69) is 28.4 Å². The summed E-state index contributed by atoms with van der Waals surface area (Å²) < 4.78 is 5.48. The maximum atomic E-state index is 5.48. The third-order valence-corrected chi connectivity index (χ3v) is 4.83. The Morgan fingerprint density at radius 2 is 1.78 bits per heavy atom. The summed E-state index contributed by atoms with van der Waals surface area (Å²) >= 11 is 0. The Labute approximate surface area is 137 Å². The van der Waals surface area contributed by atoms with E-state index in [0.717, 1.165) is 49.0 Å². The van der Waals surface area contributed by atoms with Gasteiger partial charge in [0.15, 0.2) is 0 Å². The van der Waals surface area contributed by atoms with Gasteiger partial charge in [0.05, 0.1) is 18.7 Å². The second-order valence-corrected chi connectivity index (χ2v) is 6.47. The average molecular weight is 312 g/mol. The third kappa shape index (κ3) is 3.24. The van der Waals surface area contributed by atoms with Crippen LogP contribution in [0.5, 0.6) is 0 Å². The number of ether oxygens (including phenoxy) is 1. The first-order valence-electron chi connectivity index (χ1n) is 8.76. The van der Waals surface area contributed by atoms with Gasteiger partial charge in [0, 0.05) is 24.5 Å². The number of rotatable bonds is 3. The van der Waals surface area contributed by atoms with Gasteiger partial charge in [-0.2, -0.15) is 4.98 Å². The molecule has 0 spiro atoms.